The lowest BCUT2D eigenvalue weighted by molar-refractivity contribution is 0.102. The predicted octanol–water partition coefficient (Wildman–Crippen LogP) is 4.63. The molecule has 0 saturated heterocycles. The Balaban J connectivity index is 1.38. The van der Waals surface area contributed by atoms with Gasteiger partial charge in [-0.15, -0.1) is 0 Å². The molecule has 2 heterocycles. The lowest BCUT2D eigenvalue weighted by atomic mass is 10.2. The first-order valence-corrected chi connectivity index (χ1v) is 9.75. The summed E-state index contributed by atoms with van der Waals surface area (Å²) in [6, 6.07) is 8.51. The Hall–Kier alpha value is -3.86. The molecule has 0 aliphatic heterocycles. The number of carbonyl (C=O) groups is 1. The first-order valence-electron chi connectivity index (χ1n) is 9.37. The van der Waals surface area contributed by atoms with Crippen molar-refractivity contribution in [2.24, 2.45) is 0 Å². The Morgan fingerprint density at radius 3 is 2.67 bits per heavy atom. The molecule has 4 rings (SSSR count). The number of nitrogens with one attached hydrogen (secondary N) is 1. The van der Waals surface area contributed by atoms with Crippen LogP contribution >= 0.6 is 11.6 Å². The molecule has 0 spiro atoms. The zero-order valence-electron chi connectivity index (χ0n) is 16.6. The third kappa shape index (κ3) is 5.14. The normalized spacial score (nSPS) is 10.9. The van der Waals surface area contributed by atoms with Crippen LogP contribution in [0.2, 0.25) is 5.02 Å². The highest BCUT2D eigenvalue weighted by molar-refractivity contribution is 6.30. The minimum Gasteiger partial charge on any atom is -0.471 e. The Morgan fingerprint density at radius 1 is 1.06 bits per heavy atom. The van der Waals surface area contributed by atoms with Crippen molar-refractivity contribution in [2.45, 2.75) is 13.3 Å². The SMILES string of the molecule is O=C(Nc1cnn(Cc2c(F)cc(F)c(F)c2F)c1)c1ccn(COc2cccc(Cl)c2)n1. The number of hydrogen-bond acceptors (Lipinski definition) is 4. The first kappa shape index (κ1) is 22.3. The number of hydrogen-bond donors (Lipinski definition) is 1. The Morgan fingerprint density at radius 2 is 1.88 bits per heavy atom. The van der Waals surface area contributed by atoms with E-state index in [-0.39, 0.29) is 24.2 Å². The van der Waals surface area contributed by atoms with Crippen LogP contribution in [-0.2, 0) is 13.3 Å². The van der Waals surface area contributed by atoms with E-state index in [1.54, 1.807) is 24.3 Å². The largest absolute Gasteiger partial charge is 0.471 e. The summed E-state index contributed by atoms with van der Waals surface area (Å²) in [5, 5.41) is 11.0. The maximum absolute atomic E-state index is 13.8. The zero-order valence-corrected chi connectivity index (χ0v) is 17.4. The van der Waals surface area contributed by atoms with Crippen LogP contribution in [-0.4, -0.2) is 25.5 Å². The van der Waals surface area contributed by atoms with Gasteiger partial charge in [0.1, 0.15) is 11.6 Å². The molecule has 4 aromatic rings. The monoisotopic (exact) mass is 479 g/mol. The molecular weight excluding hydrogens is 466 g/mol. The van der Waals surface area contributed by atoms with Gasteiger partial charge in [0.05, 0.1) is 18.4 Å². The van der Waals surface area contributed by atoms with E-state index in [0.29, 0.717) is 10.8 Å². The van der Waals surface area contributed by atoms with E-state index in [0.717, 1.165) is 4.68 Å². The average Bonchev–Trinajstić information content (AvgIpc) is 3.43. The van der Waals surface area contributed by atoms with Crippen LogP contribution in [0.1, 0.15) is 16.1 Å². The summed E-state index contributed by atoms with van der Waals surface area (Å²) in [5.41, 5.74) is -0.420. The average molecular weight is 480 g/mol. The zero-order chi connectivity index (χ0) is 23.5. The summed E-state index contributed by atoms with van der Waals surface area (Å²) in [6.45, 7) is -0.475. The molecule has 170 valence electrons. The van der Waals surface area contributed by atoms with Gasteiger partial charge in [0, 0.05) is 29.0 Å². The van der Waals surface area contributed by atoms with Gasteiger partial charge in [0.15, 0.2) is 29.9 Å². The highest BCUT2D eigenvalue weighted by Gasteiger charge is 2.20. The smallest absolute Gasteiger partial charge is 0.276 e. The Bertz CT molecular complexity index is 1320. The minimum absolute atomic E-state index is 0.0386. The van der Waals surface area contributed by atoms with Crippen molar-refractivity contribution in [1.29, 1.82) is 0 Å². The Labute approximate surface area is 189 Å². The second-order valence-corrected chi connectivity index (χ2v) is 7.24. The van der Waals surface area contributed by atoms with Crippen LogP contribution in [0.25, 0.3) is 0 Å². The van der Waals surface area contributed by atoms with Crippen molar-refractivity contribution in [3.05, 3.63) is 94.5 Å². The second kappa shape index (κ2) is 9.33. The molecular formula is C21H14ClF4N5O2. The topological polar surface area (TPSA) is 74.0 Å². The first-order chi connectivity index (χ1) is 15.8. The number of anilines is 1. The van der Waals surface area contributed by atoms with Crippen LogP contribution in [0.5, 0.6) is 5.75 Å². The van der Waals surface area contributed by atoms with Crippen LogP contribution in [0.3, 0.4) is 0 Å². The molecule has 0 fully saturated rings. The number of carbonyl (C=O) groups excluding carboxylic acids is 1. The van der Waals surface area contributed by atoms with E-state index < -0.39 is 41.3 Å². The summed E-state index contributed by atoms with van der Waals surface area (Å²) in [4.78, 5) is 12.4. The maximum Gasteiger partial charge on any atom is 0.276 e. The summed E-state index contributed by atoms with van der Waals surface area (Å²) in [7, 11) is 0. The van der Waals surface area contributed by atoms with Gasteiger partial charge in [-0.3, -0.25) is 9.48 Å². The second-order valence-electron chi connectivity index (χ2n) is 6.80. The standard InChI is InChI=1S/C21H14ClF4N5O2/c22-12-2-1-3-14(6-12)33-11-30-5-4-18(29-30)21(32)28-13-8-27-31(9-13)10-15-16(23)7-17(24)20(26)19(15)25/h1-9H,10-11H2,(H,28,32). The van der Waals surface area contributed by atoms with Crippen LogP contribution in [0.15, 0.2) is 55.0 Å². The van der Waals surface area contributed by atoms with E-state index in [1.807, 2.05) is 0 Å². The van der Waals surface area contributed by atoms with E-state index in [4.69, 9.17) is 16.3 Å². The lowest BCUT2D eigenvalue weighted by Gasteiger charge is -2.07. The van der Waals surface area contributed by atoms with Crippen molar-refractivity contribution < 1.29 is 27.1 Å². The van der Waals surface area contributed by atoms with Crippen LogP contribution < -0.4 is 10.1 Å². The fourth-order valence-electron chi connectivity index (χ4n) is 2.87. The summed E-state index contributed by atoms with van der Waals surface area (Å²) in [5.74, 6) is -6.33. The molecule has 0 bridgehead atoms. The molecule has 0 aliphatic carbocycles. The van der Waals surface area contributed by atoms with E-state index in [2.05, 4.69) is 15.5 Å². The molecule has 0 aliphatic rings. The number of benzene rings is 2. The number of nitrogens with zero attached hydrogens (tertiary/aromatic N) is 4. The molecule has 0 saturated carbocycles. The number of amides is 1. The minimum atomic E-state index is -1.78. The van der Waals surface area contributed by atoms with Gasteiger partial charge < -0.3 is 10.1 Å². The van der Waals surface area contributed by atoms with Gasteiger partial charge in [-0.25, -0.2) is 22.2 Å². The number of ether oxygens (including phenoxy) is 1. The molecule has 0 unspecified atom stereocenters. The van der Waals surface area contributed by atoms with Gasteiger partial charge in [-0.1, -0.05) is 17.7 Å². The van der Waals surface area contributed by atoms with Crippen molar-refractivity contribution in [2.75, 3.05) is 5.32 Å². The quantitative estimate of drug-likeness (QED) is 0.238. The molecule has 12 heteroatoms. The van der Waals surface area contributed by atoms with Gasteiger partial charge in [-0.2, -0.15) is 10.2 Å². The van der Waals surface area contributed by atoms with Gasteiger partial charge in [0.25, 0.3) is 5.91 Å². The van der Waals surface area contributed by atoms with Crippen molar-refractivity contribution >= 4 is 23.2 Å². The highest BCUT2D eigenvalue weighted by Crippen LogP contribution is 2.21. The number of rotatable bonds is 7. The summed E-state index contributed by atoms with van der Waals surface area (Å²) in [6.07, 6.45) is 4.04. The molecule has 1 N–H and O–H groups in total. The van der Waals surface area contributed by atoms with Crippen LogP contribution in [0, 0.1) is 23.3 Å². The maximum atomic E-state index is 13.8. The fraction of sp³-hybridized carbons (Fsp3) is 0.0952. The molecule has 1 amide bonds. The molecule has 33 heavy (non-hydrogen) atoms. The van der Waals surface area contributed by atoms with Crippen molar-refractivity contribution in [1.82, 2.24) is 19.6 Å². The van der Waals surface area contributed by atoms with E-state index in [9.17, 15) is 22.4 Å². The fourth-order valence-corrected chi connectivity index (χ4v) is 3.05. The predicted molar refractivity (Wildman–Crippen MR) is 110 cm³/mol. The molecule has 2 aromatic carbocycles. The Kier molecular flexibility index (Phi) is 6.31. The van der Waals surface area contributed by atoms with E-state index >= 15 is 0 Å². The van der Waals surface area contributed by atoms with Gasteiger partial charge >= 0.3 is 0 Å². The van der Waals surface area contributed by atoms with Gasteiger partial charge in [-0.05, 0) is 24.3 Å². The molecule has 0 atom stereocenters. The number of halogens is 5. The van der Waals surface area contributed by atoms with Crippen molar-refractivity contribution in [3.63, 3.8) is 0 Å². The molecule has 7 nitrogen and oxygen atoms in total. The summed E-state index contributed by atoms with van der Waals surface area (Å²) >= 11 is 5.89. The third-order valence-corrected chi connectivity index (χ3v) is 4.69. The third-order valence-electron chi connectivity index (χ3n) is 4.45. The van der Waals surface area contributed by atoms with Crippen LogP contribution in [0.4, 0.5) is 23.2 Å². The molecule has 2 aromatic heterocycles. The highest BCUT2D eigenvalue weighted by atomic mass is 35.5. The number of aromatic nitrogens is 4. The van der Waals surface area contributed by atoms with Crippen molar-refractivity contribution in [3.8, 4) is 5.75 Å². The molecule has 0 radical (unpaired) electrons. The lowest BCUT2D eigenvalue weighted by Crippen LogP contribution is -2.14. The van der Waals surface area contributed by atoms with Gasteiger partial charge in [0.2, 0.25) is 0 Å². The van der Waals surface area contributed by atoms with E-state index in [1.165, 1.54) is 29.3 Å². The summed E-state index contributed by atoms with van der Waals surface area (Å²) < 4.78 is 62.1.